The summed E-state index contributed by atoms with van der Waals surface area (Å²) in [6, 6.07) is 10.8. The Kier molecular flexibility index (Phi) is 3.70. The third-order valence-electron chi connectivity index (χ3n) is 3.29. The number of fused-ring (bicyclic) bond motifs is 1. The fourth-order valence-corrected chi connectivity index (χ4v) is 2.54. The third kappa shape index (κ3) is 2.95. The molecule has 3 rings (SSSR count). The molecular formula is C15H12BrN3O2. The number of nitrogens with zero attached hydrogens (tertiary/aromatic N) is 1. The number of hydrogen-bond donors (Lipinski definition) is 2. The van der Waals surface area contributed by atoms with Crippen LogP contribution in [0.15, 0.2) is 47.1 Å². The topological polar surface area (TPSA) is 71.1 Å². The maximum atomic E-state index is 12.4. The van der Waals surface area contributed by atoms with E-state index in [0.717, 1.165) is 10.0 Å². The molecule has 0 fully saturated rings. The molecule has 2 heterocycles. The van der Waals surface area contributed by atoms with Crippen LogP contribution in [0.3, 0.4) is 0 Å². The van der Waals surface area contributed by atoms with Crippen LogP contribution in [0.1, 0.15) is 17.9 Å². The number of benzene rings is 1. The molecule has 1 aromatic carbocycles. The standard InChI is InChI=1S/C15H12BrN3O2/c16-9-5-6-13(17-8-9)19-15(21)11-7-14(20)18-12-4-2-1-3-10(11)12/h1-6,8,11H,7H2,(H,18,20)(H,17,19,21). The number of nitrogens with one attached hydrogen (secondary N) is 2. The van der Waals surface area contributed by atoms with Crippen LogP contribution < -0.4 is 10.6 Å². The van der Waals surface area contributed by atoms with Crippen LogP contribution in [-0.4, -0.2) is 16.8 Å². The first-order valence-corrected chi connectivity index (χ1v) is 7.24. The van der Waals surface area contributed by atoms with Gasteiger partial charge in [0.15, 0.2) is 0 Å². The molecule has 6 heteroatoms. The van der Waals surface area contributed by atoms with Gasteiger partial charge in [-0.15, -0.1) is 0 Å². The van der Waals surface area contributed by atoms with Gasteiger partial charge in [-0.3, -0.25) is 9.59 Å². The SMILES string of the molecule is O=C1CC(C(=O)Nc2ccc(Br)cn2)c2ccccc2N1. The average molecular weight is 346 g/mol. The molecule has 2 N–H and O–H groups in total. The molecule has 0 bridgehead atoms. The van der Waals surface area contributed by atoms with E-state index in [1.165, 1.54) is 0 Å². The lowest BCUT2D eigenvalue weighted by molar-refractivity contribution is -0.123. The summed E-state index contributed by atoms with van der Waals surface area (Å²) < 4.78 is 0.836. The maximum Gasteiger partial charge on any atom is 0.233 e. The molecule has 2 amide bonds. The van der Waals surface area contributed by atoms with Crippen LogP contribution in [-0.2, 0) is 9.59 Å². The Balaban J connectivity index is 1.84. The highest BCUT2D eigenvalue weighted by Crippen LogP contribution is 2.32. The summed E-state index contributed by atoms with van der Waals surface area (Å²) in [4.78, 5) is 28.3. The van der Waals surface area contributed by atoms with Crippen molar-refractivity contribution in [2.45, 2.75) is 12.3 Å². The molecule has 0 aliphatic carbocycles. The number of anilines is 2. The number of halogens is 1. The molecule has 0 saturated carbocycles. The van der Waals surface area contributed by atoms with E-state index in [4.69, 9.17) is 0 Å². The van der Waals surface area contributed by atoms with Gasteiger partial charge < -0.3 is 10.6 Å². The van der Waals surface area contributed by atoms with Gasteiger partial charge in [-0.2, -0.15) is 0 Å². The van der Waals surface area contributed by atoms with Crippen molar-refractivity contribution in [1.29, 1.82) is 0 Å². The molecule has 5 nitrogen and oxygen atoms in total. The molecule has 1 atom stereocenters. The normalized spacial score (nSPS) is 16.8. The Hall–Kier alpha value is -2.21. The van der Waals surface area contributed by atoms with Crippen molar-refractivity contribution in [3.05, 3.63) is 52.6 Å². The van der Waals surface area contributed by atoms with Crippen molar-refractivity contribution < 1.29 is 9.59 Å². The van der Waals surface area contributed by atoms with Crippen molar-refractivity contribution in [2.75, 3.05) is 10.6 Å². The Morgan fingerprint density at radius 2 is 2.10 bits per heavy atom. The molecular weight excluding hydrogens is 334 g/mol. The second-order valence-electron chi connectivity index (χ2n) is 4.74. The molecule has 0 saturated heterocycles. The van der Waals surface area contributed by atoms with E-state index in [1.807, 2.05) is 18.2 Å². The van der Waals surface area contributed by atoms with E-state index in [1.54, 1.807) is 24.4 Å². The van der Waals surface area contributed by atoms with Crippen molar-refractivity contribution in [3.63, 3.8) is 0 Å². The Morgan fingerprint density at radius 1 is 1.29 bits per heavy atom. The van der Waals surface area contributed by atoms with Gasteiger partial charge in [0.1, 0.15) is 5.82 Å². The minimum absolute atomic E-state index is 0.138. The molecule has 1 aromatic heterocycles. The summed E-state index contributed by atoms with van der Waals surface area (Å²) in [6.45, 7) is 0. The molecule has 106 valence electrons. The zero-order valence-corrected chi connectivity index (χ0v) is 12.6. The zero-order chi connectivity index (χ0) is 14.8. The van der Waals surface area contributed by atoms with Gasteiger partial charge in [0.2, 0.25) is 11.8 Å². The molecule has 21 heavy (non-hydrogen) atoms. The second kappa shape index (κ2) is 5.65. The highest BCUT2D eigenvalue weighted by atomic mass is 79.9. The number of carbonyl (C=O) groups is 2. The quantitative estimate of drug-likeness (QED) is 0.878. The minimum Gasteiger partial charge on any atom is -0.326 e. The first kappa shape index (κ1) is 13.8. The predicted octanol–water partition coefficient (Wildman–Crippen LogP) is 2.91. The number of hydrogen-bond acceptors (Lipinski definition) is 3. The molecule has 1 aliphatic rings. The van der Waals surface area contributed by atoms with Crippen LogP contribution in [0.2, 0.25) is 0 Å². The van der Waals surface area contributed by atoms with Crippen LogP contribution in [0.4, 0.5) is 11.5 Å². The van der Waals surface area contributed by atoms with Crippen molar-refractivity contribution in [3.8, 4) is 0 Å². The zero-order valence-electron chi connectivity index (χ0n) is 11.0. The van der Waals surface area contributed by atoms with Gasteiger partial charge in [0.05, 0.1) is 5.92 Å². The molecule has 0 spiro atoms. The molecule has 2 aromatic rings. The number of pyridine rings is 1. The first-order chi connectivity index (χ1) is 10.1. The number of para-hydroxylation sites is 1. The van der Waals surface area contributed by atoms with Gasteiger partial charge in [-0.25, -0.2) is 4.98 Å². The fourth-order valence-electron chi connectivity index (χ4n) is 2.31. The summed E-state index contributed by atoms with van der Waals surface area (Å²) in [5, 5.41) is 5.52. The van der Waals surface area contributed by atoms with Crippen molar-refractivity contribution >= 4 is 39.2 Å². The van der Waals surface area contributed by atoms with E-state index in [2.05, 4.69) is 31.5 Å². The predicted molar refractivity (Wildman–Crippen MR) is 83.0 cm³/mol. The maximum absolute atomic E-state index is 12.4. The fraction of sp³-hybridized carbons (Fsp3) is 0.133. The van der Waals surface area contributed by atoms with E-state index in [-0.39, 0.29) is 18.2 Å². The van der Waals surface area contributed by atoms with Crippen molar-refractivity contribution in [2.24, 2.45) is 0 Å². The van der Waals surface area contributed by atoms with Gasteiger partial charge in [0.25, 0.3) is 0 Å². The Morgan fingerprint density at radius 3 is 2.86 bits per heavy atom. The highest BCUT2D eigenvalue weighted by Gasteiger charge is 2.30. The number of carbonyl (C=O) groups excluding carboxylic acids is 2. The summed E-state index contributed by atoms with van der Waals surface area (Å²) >= 11 is 3.29. The Bertz CT molecular complexity index is 700. The lowest BCUT2D eigenvalue weighted by Gasteiger charge is -2.24. The van der Waals surface area contributed by atoms with Crippen LogP contribution in [0.25, 0.3) is 0 Å². The summed E-state index contributed by atoms with van der Waals surface area (Å²) in [5.41, 5.74) is 1.52. The molecule has 1 unspecified atom stereocenters. The number of rotatable bonds is 2. The largest absolute Gasteiger partial charge is 0.326 e. The van der Waals surface area contributed by atoms with Crippen LogP contribution in [0.5, 0.6) is 0 Å². The van der Waals surface area contributed by atoms with Crippen molar-refractivity contribution in [1.82, 2.24) is 4.98 Å². The summed E-state index contributed by atoms with van der Waals surface area (Å²) in [7, 11) is 0. The van der Waals surface area contributed by atoms with E-state index < -0.39 is 5.92 Å². The molecule has 1 aliphatic heterocycles. The summed E-state index contributed by atoms with van der Waals surface area (Å²) in [5.74, 6) is -0.420. The van der Waals surface area contributed by atoms with E-state index in [9.17, 15) is 9.59 Å². The first-order valence-electron chi connectivity index (χ1n) is 6.44. The van der Waals surface area contributed by atoms with Gasteiger partial charge in [0, 0.05) is 22.8 Å². The lowest BCUT2D eigenvalue weighted by Crippen LogP contribution is -2.30. The van der Waals surface area contributed by atoms with Gasteiger partial charge in [-0.05, 0) is 39.7 Å². The van der Waals surface area contributed by atoms with E-state index >= 15 is 0 Å². The minimum atomic E-state index is -0.500. The number of aromatic nitrogens is 1. The molecule has 0 radical (unpaired) electrons. The monoisotopic (exact) mass is 345 g/mol. The smallest absolute Gasteiger partial charge is 0.233 e. The second-order valence-corrected chi connectivity index (χ2v) is 5.66. The lowest BCUT2D eigenvalue weighted by atomic mass is 9.90. The highest BCUT2D eigenvalue weighted by molar-refractivity contribution is 9.10. The average Bonchev–Trinajstić information content (AvgIpc) is 2.48. The Labute approximate surface area is 129 Å². The number of amides is 2. The summed E-state index contributed by atoms with van der Waals surface area (Å²) in [6.07, 6.45) is 1.75. The van der Waals surface area contributed by atoms with Gasteiger partial charge >= 0.3 is 0 Å². The van der Waals surface area contributed by atoms with E-state index in [0.29, 0.717) is 11.5 Å². The van der Waals surface area contributed by atoms with Crippen LogP contribution in [0, 0.1) is 0 Å². The third-order valence-corrected chi connectivity index (χ3v) is 3.76. The van der Waals surface area contributed by atoms with Gasteiger partial charge in [-0.1, -0.05) is 18.2 Å². The van der Waals surface area contributed by atoms with Crippen LogP contribution >= 0.6 is 15.9 Å².